The first-order chi connectivity index (χ1) is 7.26. The zero-order valence-corrected chi connectivity index (χ0v) is 8.94. The maximum Gasteiger partial charge on any atom is 0.119 e. The third-order valence-electron chi connectivity index (χ3n) is 1.87. The van der Waals surface area contributed by atoms with Gasteiger partial charge in [-0.15, -0.1) is 11.6 Å². The predicted octanol–water partition coefficient (Wildman–Crippen LogP) is 1.93. The van der Waals surface area contributed by atoms with Crippen molar-refractivity contribution in [3.8, 4) is 11.8 Å². The van der Waals surface area contributed by atoms with Crippen molar-refractivity contribution < 1.29 is 9.84 Å². The molecule has 80 valence electrons. The van der Waals surface area contributed by atoms with Crippen LogP contribution in [0.25, 0.3) is 0 Å². The SMILES string of the molecule is N#Cc1ccc(OCC(O)CCCl)cc1. The van der Waals surface area contributed by atoms with Gasteiger partial charge in [-0.05, 0) is 30.7 Å². The Hall–Kier alpha value is -1.24. The Labute approximate surface area is 93.9 Å². The van der Waals surface area contributed by atoms with Gasteiger partial charge in [-0.3, -0.25) is 0 Å². The molecule has 1 aromatic carbocycles. The summed E-state index contributed by atoms with van der Waals surface area (Å²) in [7, 11) is 0. The van der Waals surface area contributed by atoms with E-state index in [2.05, 4.69) is 0 Å². The largest absolute Gasteiger partial charge is 0.491 e. The van der Waals surface area contributed by atoms with Crippen molar-refractivity contribution in [2.45, 2.75) is 12.5 Å². The summed E-state index contributed by atoms with van der Waals surface area (Å²) in [6, 6.07) is 8.76. The fourth-order valence-electron chi connectivity index (χ4n) is 1.03. The van der Waals surface area contributed by atoms with Crippen LogP contribution in [-0.4, -0.2) is 23.7 Å². The second-order valence-electron chi connectivity index (χ2n) is 3.08. The van der Waals surface area contributed by atoms with Crippen LogP contribution in [0.4, 0.5) is 0 Å². The Morgan fingerprint density at radius 1 is 1.40 bits per heavy atom. The molecule has 1 N–H and O–H groups in total. The van der Waals surface area contributed by atoms with Crippen LogP contribution in [-0.2, 0) is 0 Å². The molecule has 0 saturated heterocycles. The van der Waals surface area contributed by atoms with E-state index in [0.29, 0.717) is 23.6 Å². The van der Waals surface area contributed by atoms with Crippen molar-refractivity contribution in [3.05, 3.63) is 29.8 Å². The number of ether oxygens (including phenoxy) is 1. The third-order valence-corrected chi connectivity index (χ3v) is 2.09. The average molecular weight is 226 g/mol. The maximum absolute atomic E-state index is 9.35. The Morgan fingerprint density at radius 2 is 2.07 bits per heavy atom. The van der Waals surface area contributed by atoms with Gasteiger partial charge in [0.25, 0.3) is 0 Å². The molecular weight excluding hydrogens is 214 g/mol. The van der Waals surface area contributed by atoms with Crippen molar-refractivity contribution in [3.63, 3.8) is 0 Å². The van der Waals surface area contributed by atoms with Crippen molar-refractivity contribution in [1.82, 2.24) is 0 Å². The van der Waals surface area contributed by atoms with Crippen molar-refractivity contribution in [2.24, 2.45) is 0 Å². The Balaban J connectivity index is 2.41. The number of hydrogen-bond acceptors (Lipinski definition) is 3. The standard InChI is InChI=1S/C11H12ClNO2/c12-6-5-10(14)8-15-11-3-1-9(7-13)2-4-11/h1-4,10,14H,5-6,8H2. The van der Waals surface area contributed by atoms with Gasteiger partial charge >= 0.3 is 0 Å². The minimum absolute atomic E-state index is 0.221. The Bertz CT molecular complexity index is 331. The number of rotatable bonds is 5. The molecule has 0 saturated carbocycles. The first-order valence-electron chi connectivity index (χ1n) is 4.63. The van der Waals surface area contributed by atoms with Gasteiger partial charge in [-0.1, -0.05) is 0 Å². The Morgan fingerprint density at radius 3 is 2.60 bits per heavy atom. The molecule has 1 aromatic rings. The molecule has 3 nitrogen and oxygen atoms in total. The molecule has 0 amide bonds. The van der Waals surface area contributed by atoms with Crippen molar-refractivity contribution in [2.75, 3.05) is 12.5 Å². The highest BCUT2D eigenvalue weighted by Gasteiger charge is 2.03. The third kappa shape index (κ3) is 4.20. The summed E-state index contributed by atoms with van der Waals surface area (Å²) < 4.78 is 5.30. The zero-order chi connectivity index (χ0) is 11.1. The van der Waals surface area contributed by atoms with E-state index < -0.39 is 6.10 Å². The number of halogens is 1. The van der Waals surface area contributed by atoms with Gasteiger partial charge in [0.15, 0.2) is 0 Å². The molecule has 0 aliphatic rings. The molecule has 0 aromatic heterocycles. The average Bonchev–Trinajstić information content (AvgIpc) is 2.27. The Kier molecular flexibility index (Phi) is 4.96. The van der Waals surface area contributed by atoms with E-state index >= 15 is 0 Å². The smallest absolute Gasteiger partial charge is 0.119 e. The van der Waals surface area contributed by atoms with Gasteiger partial charge in [0.2, 0.25) is 0 Å². The lowest BCUT2D eigenvalue weighted by atomic mass is 10.2. The summed E-state index contributed by atoms with van der Waals surface area (Å²) >= 11 is 5.47. The van der Waals surface area contributed by atoms with E-state index in [4.69, 9.17) is 21.6 Å². The highest BCUT2D eigenvalue weighted by atomic mass is 35.5. The molecule has 15 heavy (non-hydrogen) atoms. The normalized spacial score (nSPS) is 11.8. The van der Waals surface area contributed by atoms with E-state index in [0.717, 1.165) is 0 Å². The minimum Gasteiger partial charge on any atom is -0.491 e. The van der Waals surface area contributed by atoms with Crippen LogP contribution in [0.5, 0.6) is 5.75 Å². The lowest BCUT2D eigenvalue weighted by Gasteiger charge is -2.10. The molecule has 4 heteroatoms. The fourth-order valence-corrected chi connectivity index (χ4v) is 1.28. The van der Waals surface area contributed by atoms with Crippen LogP contribution in [0.15, 0.2) is 24.3 Å². The number of nitriles is 1. The van der Waals surface area contributed by atoms with E-state index in [1.807, 2.05) is 6.07 Å². The van der Waals surface area contributed by atoms with E-state index in [-0.39, 0.29) is 6.61 Å². The number of benzene rings is 1. The van der Waals surface area contributed by atoms with Gasteiger partial charge < -0.3 is 9.84 Å². The van der Waals surface area contributed by atoms with Gasteiger partial charge in [0.1, 0.15) is 12.4 Å². The van der Waals surface area contributed by atoms with Gasteiger partial charge in [-0.25, -0.2) is 0 Å². The van der Waals surface area contributed by atoms with Gasteiger partial charge in [0.05, 0.1) is 17.7 Å². The summed E-state index contributed by atoms with van der Waals surface area (Å²) in [6.07, 6.45) is -0.0316. The quantitative estimate of drug-likeness (QED) is 0.779. The van der Waals surface area contributed by atoms with E-state index in [1.165, 1.54) is 0 Å². The summed E-state index contributed by atoms with van der Waals surface area (Å²) in [6.45, 7) is 0.221. The van der Waals surface area contributed by atoms with Crippen LogP contribution in [0, 0.1) is 11.3 Å². The van der Waals surface area contributed by atoms with E-state index in [1.54, 1.807) is 24.3 Å². The first kappa shape index (κ1) is 11.8. The van der Waals surface area contributed by atoms with Crippen molar-refractivity contribution >= 4 is 11.6 Å². The molecule has 0 aliphatic heterocycles. The number of aliphatic hydroxyl groups is 1. The second kappa shape index (κ2) is 6.28. The predicted molar refractivity (Wildman–Crippen MR) is 58.0 cm³/mol. The van der Waals surface area contributed by atoms with Crippen LogP contribution < -0.4 is 4.74 Å². The summed E-state index contributed by atoms with van der Waals surface area (Å²) in [5.74, 6) is 1.06. The highest BCUT2D eigenvalue weighted by Crippen LogP contribution is 2.12. The number of aliphatic hydroxyl groups excluding tert-OH is 1. The van der Waals surface area contributed by atoms with Crippen molar-refractivity contribution in [1.29, 1.82) is 5.26 Å². The molecule has 0 aliphatic carbocycles. The molecule has 0 radical (unpaired) electrons. The number of alkyl halides is 1. The molecule has 0 spiro atoms. The minimum atomic E-state index is -0.543. The molecule has 0 heterocycles. The number of hydrogen-bond donors (Lipinski definition) is 1. The summed E-state index contributed by atoms with van der Waals surface area (Å²) in [5, 5.41) is 17.9. The molecule has 0 bridgehead atoms. The van der Waals surface area contributed by atoms with Crippen LogP contribution in [0.3, 0.4) is 0 Å². The summed E-state index contributed by atoms with van der Waals surface area (Å²) in [4.78, 5) is 0. The molecule has 1 unspecified atom stereocenters. The topological polar surface area (TPSA) is 53.2 Å². The summed E-state index contributed by atoms with van der Waals surface area (Å²) in [5.41, 5.74) is 0.587. The molecular formula is C11H12ClNO2. The van der Waals surface area contributed by atoms with Gasteiger partial charge in [0, 0.05) is 5.88 Å². The first-order valence-corrected chi connectivity index (χ1v) is 5.16. The van der Waals surface area contributed by atoms with E-state index in [9.17, 15) is 5.11 Å². The fraction of sp³-hybridized carbons (Fsp3) is 0.364. The lowest BCUT2D eigenvalue weighted by molar-refractivity contribution is 0.105. The van der Waals surface area contributed by atoms with Crippen LogP contribution in [0.2, 0.25) is 0 Å². The molecule has 1 atom stereocenters. The molecule has 1 rings (SSSR count). The zero-order valence-electron chi connectivity index (χ0n) is 8.19. The lowest BCUT2D eigenvalue weighted by Crippen LogP contribution is -2.17. The monoisotopic (exact) mass is 225 g/mol. The maximum atomic E-state index is 9.35. The van der Waals surface area contributed by atoms with Crippen LogP contribution in [0.1, 0.15) is 12.0 Å². The molecule has 0 fully saturated rings. The van der Waals surface area contributed by atoms with Gasteiger partial charge in [-0.2, -0.15) is 5.26 Å². The van der Waals surface area contributed by atoms with Crippen LogP contribution >= 0.6 is 11.6 Å². The highest BCUT2D eigenvalue weighted by molar-refractivity contribution is 6.17. The number of nitrogens with zero attached hydrogens (tertiary/aromatic N) is 1. The second-order valence-corrected chi connectivity index (χ2v) is 3.46.